The third-order valence-electron chi connectivity index (χ3n) is 7.71. The molecule has 3 aromatic carbocycles. The first kappa shape index (κ1) is 27.7. The van der Waals surface area contributed by atoms with Crippen LogP contribution < -0.4 is 4.74 Å². The van der Waals surface area contributed by atoms with Gasteiger partial charge in [-0.05, 0) is 92.9 Å². The molecule has 0 aliphatic heterocycles. The lowest BCUT2D eigenvalue weighted by Crippen LogP contribution is -2.16. The molecule has 2 nitrogen and oxygen atoms in total. The number of halogens is 3. The first-order valence-electron chi connectivity index (χ1n) is 13.5. The molecule has 1 unspecified atom stereocenters. The van der Waals surface area contributed by atoms with E-state index >= 15 is 0 Å². The Bertz CT molecular complexity index is 1240. The molecular weight excluding hydrogens is 485 g/mol. The first-order chi connectivity index (χ1) is 18.4. The van der Waals surface area contributed by atoms with Gasteiger partial charge in [0.1, 0.15) is 23.2 Å². The molecule has 1 atom stereocenters. The number of carbonyl (C=O) groups is 1. The Balaban J connectivity index is 1.34. The average molecular weight is 521 g/mol. The van der Waals surface area contributed by atoms with Gasteiger partial charge in [-0.25, -0.2) is 18.0 Å². The number of carbonyl (C=O) groups excluding carboxylic acids is 1. The molecular formula is C33H35F3O2. The molecule has 1 aliphatic rings. The van der Waals surface area contributed by atoms with Crippen LogP contribution >= 0.6 is 0 Å². The van der Waals surface area contributed by atoms with Gasteiger partial charge in [-0.3, -0.25) is 0 Å². The average Bonchev–Trinajstić information content (AvgIpc) is 2.91. The highest BCUT2D eigenvalue weighted by Gasteiger charge is 2.25. The molecule has 0 saturated heterocycles. The molecule has 0 N–H and O–H groups in total. The van der Waals surface area contributed by atoms with E-state index in [0.717, 1.165) is 49.8 Å². The fourth-order valence-electron chi connectivity index (χ4n) is 5.53. The standard InChI is InChI=1S/C33H35F3O2/c1-3-4-6-11-28-31(35)20-27(21-32(28)36)38-33(37)29-17-16-26(19-30(29)34)25-14-12-23(13-15-25)18-22(2)24-9-7-5-8-10-24/h3-5,7-10,16-17,19-23,25H,6,11-15,18H2,1-2H3/b4-3+. The van der Waals surface area contributed by atoms with Crippen LogP contribution in [0.5, 0.6) is 5.75 Å². The number of benzene rings is 3. The van der Waals surface area contributed by atoms with Crippen LogP contribution in [0.1, 0.15) is 91.3 Å². The van der Waals surface area contributed by atoms with Gasteiger partial charge in [0.25, 0.3) is 0 Å². The third-order valence-corrected chi connectivity index (χ3v) is 7.71. The highest BCUT2D eigenvalue weighted by Crippen LogP contribution is 2.40. The lowest BCUT2D eigenvalue weighted by Gasteiger charge is -2.30. The van der Waals surface area contributed by atoms with Crippen molar-refractivity contribution in [1.82, 2.24) is 0 Å². The van der Waals surface area contributed by atoms with E-state index in [0.29, 0.717) is 18.3 Å². The summed E-state index contributed by atoms with van der Waals surface area (Å²) in [5.41, 5.74) is 1.92. The largest absolute Gasteiger partial charge is 0.423 e. The molecule has 200 valence electrons. The molecule has 5 heteroatoms. The minimum atomic E-state index is -0.979. The highest BCUT2D eigenvalue weighted by atomic mass is 19.1. The summed E-state index contributed by atoms with van der Waals surface area (Å²) in [4.78, 5) is 12.6. The SMILES string of the molecule is C/C=C/CCc1c(F)cc(OC(=O)c2ccc(C3CCC(CC(C)c4ccccc4)CC3)cc2F)cc1F. The molecule has 0 heterocycles. The number of esters is 1. The summed E-state index contributed by atoms with van der Waals surface area (Å²) >= 11 is 0. The van der Waals surface area contributed by atoms with Crippen molar-refractivity contribution in [3.63, 3.8) is 0 Å². The second-order valence-electron chi connectivity index (χ2n) is 10.4. The predicted octanol–water partition coefficient (Wildman–Crippen LogP) is 9.30. The van der Waals surface area contributed by atoms with Crippen LogP contribution in [0, 0.1) is 23.4 Å². The molecule has 0 aromatic heterocycles. The van der Waals surface area contributed by atoms with E-state index in [1.165, 1.54) is 17.7 Å². The quantitative estimate of drug-likeness (QED) is 0.160. The Hall–Kier alpha value is -3.34. The van der Waals surface area contributed by atoms with Gasteiger partial charge >= 0.3 is 5.97 Å². The molecule has 1 saturated carbocycles. The summed E-state index contributed by atoms with van der Waals surface area (Å²) in [5, 5.41) is 0. The zero-order valence-electron chi connectivity index (χ0n) is 22.1. The summed E-state index contributed by atoms with van der Waals surface area (Å²) in [6, 6.07) is 17.1. The van der Waals surface area contributed by atoms with Gasteiger partial charge in [0.05, 0.1) is 5.56 Å². The molecule has 38 heavy (non-hydrogen) atoms. The molecule has 1 fully saturated rings. The van der Waals surface area contributed by atoms with E-state index in [1.54, 1.807) is 6.07 Å². The molecule has 0 amide bonds. The van der Waals surface area contributed by atoms with Crippen molar-refractivity contribution < 1.29 is 22.7 Å². The van der Waals surface area contributed by atoms with Gasteiger partial charge in [-0.15, -0.1) is 0 Å². The lowest BCUT2D eigenvalue weighted by atomic mass is 9.75. The monoisotopic (exact) mass is 520 g/mol. The van der Waals surface area contributed by atoms with E-state index in [9.17, 15) is 18.0 Å². The topological polar surface area (TPSA) is 26.3 Å². The van der Waals surface area contributed by atoms with Crippen LogP contribution in [0.4, 0.5) is 13.2 Å². The van der Waals surface area contributed by atoms with Gasteiger partial charge in [0, 0.05) is 17.7 Å². The van der Waals surface area contributed by atoms with Crippen molar-refractivity contribution in [2.24, 2.45) is 5.92 Å². The van der Waals surface area contributed by atoms with Crippen molar-refractivity contribution in [2.45, 2.75) is 70.6 Å². The fraction of sp³-hybridized carbons (Fsp3) is 0.364. The Kier molecular flexibility index (Phi) is 9.43. The van der Waals surface area contributed by atoms with Crippen LogP contribution in [0.15, 0.2) is 72.8 Å². The van der Waals surface area contributed by atoms with Crippen LogP contribution in [-0.2, 0) is 6.42 Å². The van der Waals surface area contributed by atoms with Gasteiger partial charge in [0.15, 0.2) is 0 Å². The molecule has 4 rings (SSSR count). The molecule has 0 radical (unpaired) electrons. The number of ether oxygens (including phenoxy) is 1. The molecule has 1 aliphatic carbocycles. The summed E-state index contributed by atoms with van der Waals surface area (Å²) < 4.78 is 48.8. The van der Waals surface area contributed by atoms with Crippen molar-refractivity contribution >= 4 is 5.97 Å². The number of hydrogen-bond donors (Lipinski definition) is 0. The van der Waals surface area contributed by atoms with E-state index in [2.05, 4.69) is 31.2 Å². The maximum Gasteiger partial charge on any atom is 0.346 e. The number of allylic oxidation sites excluding steroid dienone is 2. The summed E-state index contributed by atoms with van der Waals surface area (Å²) in [5.74, 6) is -2.12. The fourth-order valence-corrected chi connectivity index (χ4v) is 5.53. The highest BCUT2D eigenvalue weighted by molar-refractivity contribution is 5.91. The van der Waals surface area contributed by atoms with Crippen LogP contribution in [0.25, 0.3) is 0 Å². The minimum Gasteiger partial charge on any atom is -0.423 e. The molecule has 0 spiro atoms. The summed E-state index contributed by atoms with van der Waals surface area (Å²) in [6.07, 6.45) is 9.61. The van der Waals surface area contributed by atoms with E-state index in [-0.39, 0.29) is 29.2 Å². The normalized spacial score (nSPS) is 18.4. The Morgan fingerprint density at radius 1 is 0.947 bits per heavy atom. The summed E-state index contributed by atoms with van der Waals surface area (Å²) in [6.45, 7) is 4.11. The molecule has 0 bridgehead atoms. The number of rotatable bonds is 9. The van der Waals surface area contributed by atoms with Gasteiger partial charge < -0.3 is 4.74 Å². The van der Waals surface area contributed by atoms with Crippen molar-refractivity contribution in [3.8, 4) is 5.75 Å². The molecule has 3 aromatic rings. The third kappa shape index (κ3) is 6.94. The van der Waals surface area contributed by atoms with E-state index in [1.807, 2.05) is 25.1 Å². The maximum atomic E-state index is 14.9. The summed E-state index contributed by atoms with van der Waals surface area (Å²) in [7, 11) is 0. The first-order valence-corrected chi connectivity index (χ1v) is 13.5. The zero-order chi connectivity index (χ0) is 27.1. The van der Waals surface area contributed by atoms with E-state index in [4.69, 9.17) is 4.74 Å². The van der Waals surface area contributed by atoms with Crippen molar-refractivity contribution in [2.75, 3.05) is 0 Å². The number of hydrogen-bond acceptors (Lipinski definition) is 2. The van der Waals surface area contributed by atoms with E-state index < -0.39 is 23.4 Å². The zero-order valence-corrected chi connectivity index (χ0v) is 22.1. The Labute approximate surface area is 223 Å². The lowest BCUT2D eigenvalue weighted by molar-refractivity contribution is 0.0729. The van der Waals surface area contributed by atoms with Crippen LogP contribution in [-0.4, -0.2) is 5.97 Å². The van der Waals surface area contributed by atoms with Crippen LogP contribution in [0.2, 0.25) is 0 Å². The predicted molar refractivity (Wildman–Crippen MR) is 145 cm³/mol. The van der Waals surface area contributed by atoms with Crippen molar-refractivity contribution in [1.29, 1.82) is 0 Å². The van der Waals surface area contributed by atoms with Gasteiger partial charge in [0.2, 0.25) is 0 Å². The second-order valence-corrected chi connectivity index (χ2v) is 10.4. The smallest absolute Gasteiger partial charge is 0.346 e. The van der Waals surface area contributed by atoms with Gasteiger partial charge in [-0.1, -0.05) is 55.5 Å². The maximum absolute atomic E-state index is 14.9. The Morgan fingerprint density at radius 2 is 1.63 bits per heavy atom. The second kappa shape index (κ2) is 12.9. The van der Waals surface area contributed by atoms with Crippen LogP contribution in [0.3, 0.4) is 0 Å². The minimum absolute atomic E-state index is 0.0670. The van der Waals surface area contributed by atoms with Crippen molar-refractivity contribution in [3.05, 3.63) is 113 Å². The Morgan fingerprint density at radius 3 is 2.26 bits per heavy atom. The van der Waals surface area contributed by atoms with Gasteiger partial charge in [-0.2, -0.15) is 0 Å².